The van der Waals surface area contributed by atoms with Gasteiger partial charge in [0.2, 0.25) is 0 Å². The zero-order valence-electron chi connectivity index (χ0n) is 25.3. The maximum atomic E-state index is 13.0. The molecular formula is C33H54O7. The van der Waals surface area contributed by atoms with E-state index in [9.17, 15) is 20.1 Å². The number of fused-ring (bicyclic) bond motifs is 5. The van der Waals surface area contributed by atoms with Gasteiger partial charge in [-0.1, -0.05) is 58.1 Å². The van der Waals surface area contributed by atoms with Gasteiger partial charge in [-0.3, -0.25) is 4.79 Å². The summed E-state index contributed by atoms with van der Waals surface area (Å²) in [6.07, 6.45) is 10.4. The molecule has 228 valence electrons. The first-order valence-electron chi connectivity index (χ1n) is 15.6. The van der Waals surface area contributed by atoms with Crippen molar-refractivity contribution in [2.45, 2.75) is 148 Å². The first-order valence-corrected chi connectivity index (χ1v) is 15.6. The van der Waals surface area contributed by atoms with Crippen molar-refractivity contribution in [3.05, 3.63) is 36.0 Å². The molecule has 0 saturated carbocycles. The van der Waals surface area contributed by atoms with Gasteiger partial charge < -0.3 is 29.5 Å². The van der Waals surface area contributed by atoms with Crippen molar-refractivity contribution in [2.75, 3.05) is 0 Å². The zero-order chi connectivity index (χ0) is 29.4. The van der Waals surface area contributed by atoms with Crippen LogP contribution in [0, 0.1) is 17.8 Å². The second kappa shape index (κ2) is 15.6. The summed E-state index contributed by atoms with van der Waals surface area (Å²) < 4.78 is 18.6. The van der Waals surface area contributed by atoms with Crippen LogP contribution in [0.2, 0.25) is 0 Å². The number of aliphatic hydroxyl groups is 3. The van der Waals surface area contributed by atoms with Crippen LogP contribution in [0.15, 0.2) is 36.0 Å². The van der Waals surface area contributed by atoms with Gasteiger partial charge >= 0.3 is 5.97 Å². The molecule has 40 heavy (non-hydrogen) atoms. The van der Waals surface area contributed by atoms with E-state index in [2.05, 4.69) is 38.7 Å². The van der Waals surface area contributed by atoms with Crippen molar-refractivity contribution in [1.29, 1.82) is 0 Å². The second-order valence-corrected chi connectivity index (χ2v) is 12.6. The van der Waals surface area contributed by atoms with Gasteiger partial charge in [0.15, 0.2) is 0 Å². The molecule has 11 atom stereocenters. The van der Waals surface area contributed by atoms with Crippen molar-refractivity contribution in [2.24, 2.45) is 17.8 Å². The summed E-state index contributed by atoms with van der Waals surface area (Å²) in [7, 11) is 0. The van der Waals surface area contributed by atoms with E-state index in [0.29, 0.717) is 37.2 Å². The quantitative estimate of drug-likeness (QED) is 0.304. The van der Waals surface area contributed by atoms with E-state index in [4.69, 9.17) is 14.2 Å². The molecule has 0 aromatic heterocycles. The maximum absolute atomic E-state index is 13.0. The molecule has 0 spiro atoms. The van der Waals surface area contributed by atoms with Gasteiger partial charge in [-0.25, -0.2) is 0 Å². The van der Waals surface area contributed by atoms with Gasteiger partial charge in [0.25, 0.3) is 0 Å². The van der Waals surface area contributed by atoms with E-state index in [1.165, 1.54) is 5.57 Å². The molecular weight excluding hydrogens is 508 g/mol. The molecule has 0 amide bonds. The third kappa shape index (κ3) is 8.99. The summed E-state index contributed by atoms with van der Waals surface area (Å²) >= 11 is 0. The van der Waals surface area contributed by atoms with Crippen molar-refractivity contribution in [3.63, 3.8) is 0 Å². The Morgan fingerprint density at radius 1 is 1.10 bits per heavy atom. The SMILES string of the molecule is C=C([C@H](O)CC)[C@H](C)[C@H](O)[C@@H]1CCC/C(C)=C/[C@@H]2O[C@@H](C[C@H]2C)[C@@H]2O[C@H](CC/C=C/CC[C@@H](C)C(=O)O1)C[C@H]2O. The first kappa shape index (κ1) is 33.0. The molecule has 0 radical (unpaired) electrons. The lowest BCUT2D eigenvalue weighted by Crippen LogP contribution is -2.39. The molecule has 3 aliphatic heterocycles. The molecule has 7 nitrogen and oxygen atoms in total. The fourth-order valence-electron chi connectivity index (χ4n) is 6.20. The lowest BCUT2D eigenvalue weighted by atomic mass is 9.87. The standard InChI is InChI=1S/C33H54O7/c1-7-26(34)23(5)24(6)31(36)28-16-12-13-20(2)17-29-22(4)18-30(39-29)32-27(35)19-25(38-32)15-11-9-8-10-14-21(3)33(37)40-28/h8-9,17,21-22,24-32,34-36H,5,7,10-16,18-19H2,1-4,6H3/b9-8+,20-17+/t21-,22-,24+,25-,26-,27-,28+,29+,30+,31+,32-/m1/s1. The van der Waals surface area contributed by atoms with Crippen LogP contribution < -0.4 is 0 Å². The average Bonchev–Trinajstić information content (AvgIpc) is 3.48. The van der Waals surface area contributed by atoms with Crippen molar-refractivity contribution in [3.8, 4) is 0 Å². The average molecular weight is 563 g/mol. The molecule has 3 rings (SSSR count). The van der Waals surface area contributed by atoms with E-state index in [1.54, 1.807) is 0 Å². The summed E-state index contributed by atoms with van der Waals surface area (Å²) in [6.45, 7) is 13.9. The molecule has 0 aliphatic carbocycles. The van der Waals surface area contributed by atoms with E-state index in [0.717, 1.165) is 38.5 Å². The van der Waals surface area contributed by atoms with E-state index < -0.39 is 30.3 Å². The normalized spacial score (nSPS) is 39.2. The number of esters is 1. The molecule has 2 saturated heterocycles. The smallest absolute Gasteiger partial charge is 0.309 e. The van der Waals surface area contributed by atoms with Gasteiger partial charge in [-0.2, -0.15) is 0 Å². The van der Waals surface area contributed by atoms with E-state index in [-0.39, 0.29) is 36.3 Å². The van der Waals surface area contributed by atoms with Crippen LogP contribution in [-0.4, -0.2) is 70.1 Å². The van der Waals surface area contributed by atoms with Crippen molar-refractivity contribution < 1.29 is 34.3 Å². The summed E-state index contributed by atoms with van der Waals surface area (Å²) in [5.41, 5.74) is 1.75. The Hall–Kier alpha value is -1.51. The third-order valence-electron chi connectivity index (χ3n) is 9.16. The van der Waals surface area contributed by atoms with Crippen LogP contribution in [0.5, 0.6) is 0 Å². The van der Waals surface area contributed by atoms with Gasteiger partial charge in [0, 0.05) is 12.3 Å². The lowest BCUT2D eigenvalue weighted by Gasteiger charge is -2.31. The first-order chi connectivity index (χ1) is 19.0. The Morgan fingerprint density at radius 3 is 2.50 bits per heavy atom. The second-order valence-electron chi connectivity index (χ2n) is 12.6. The summed E-state index contributed by atoms with van der Waals surface area (Å²) in [5.74, 6) is -0.680. The highest BCUT2D eigenvalue weighted by atomic mass is 16.6. The monoisotopic (exact) mass is 562 g/mol. The van der Waals surface area contributed by atoms with Crippen LogP contribution in [0.3, 0.4) is 0 Å². The number of rotatable bonds is 5. The Kier molecular flexibility index (Phi) is 12.9. The fraction of sp³-hybridized carbons (Fsp3) is 0.788. The summed E-state index contributed by atoms with van der Waals surface area (Å²) in [5, 5.41) is 32.2. The number of allylic oxidation sites excluding steroid dienone is 3. The minimum Gasteiger partial charge on any atom is -0.459 e. The summed E-state index contributed by atoms with van der Waals surface area (Å²) in [4.78, 5) is 13.0. The van der Waals surface area contributed by atoms with Gasteiger partial charge in [-0.15, -0.1) is 0 Å². The highest BCUT2D eigenvalue weighted by molar-refractivity contribution is 5.72. The molecule has 3 aliphatic rings. The number of hydrogen-bond donors (Lipinski definition) is 3. The molecule has 7 heteroatoms. The molecule has 0 unspecified atom stereocenters. The van der Waals surface area contributed by atoms with Crippen molar-refractivity contribution in [1.82, 2.24) is 0 Å². The highest BCUT2D eigenvalue weighted by Crippen LogP contribution is 2.37. The fourth-order valence-corrected chi connectivity index (χ4v) is 6.20. The number of aliphatic hydroxyl groups excluding tert-OH is 3. The molecule has 4 bridgehead atoms. The number of ether oxygens (including phenoxy) is 3. The van der Waals surface area contributed by atoms with Gasteiger partial charge in [-0.05, 0) is 76.2 Å². The Bertz CT molecular complexity index is 882. The minimum absolute atomic E-state index is 0.0307. The number of carbonyl (C=O) groups is 1. The Morgan fingerprint density at radius 2 is 1.80 bits per heavy atom. The molecule has 3 heterocycles. The van der Waals surface area contributed by atoms with Crippen molar-refractivity contribution >= 4 is 5.97 Å². The van der Waals surface area contributed by atoms with Gasteiger partial charge in [0.1, 0.15) is 12.2 Å². The third-order valence-corrected chi connectivity index (χ3v) is 9.16. The summed E-state index contributed by atoms with van der Waals surface area (Å²) in [6, 6.07) is 0. The van der Waals surface area contributed by atoms with Crippen LogP contribution in [0.25, 0.3) is 0 Å². The largest absolute Gasteiger partial charge is 0.459 e. The lowest BCUT2D eigenvalue weighted by molar-refractivity contribution is -0.161. The topological polar surface area (TPSA) is 105 Å². The van der Waals surface area contributed by atoms with Crippen LogP contribution >= 0.6 is 0 Å². The van der Waals surface area contributed by atoms with Crippen LogP contribution in [-0.2, 0) is 19.0 Å². The maximum Gasteiger partial charge on any atom is 0.309 e. The Balaban J connectivity index is 1.74. The number of carbonyl (C=O) groups excluding carboxylic acids is 1. The van der Waals surface area contributed by atoms with Crippen LogP contribution in [0.1, 0.15) is 98.8 Å². The molecule has 3 N–H and O–H groups in total. The number of hydrogen-bond acceptors (Lipinski definition) is 7. The molecule has 0 aromatic rings. The van der Waals surface area contributed by atoms with Gasteiger partial charge in [0.05, 0.1) is 42.5 Å². The van der Waals surface area contributed by atoms with E-state index in [1.807, 2.05) is 20.8 Å². The number of cyclic esters (lactones) is 1. The highest BCUT2D eigenvalue weighted by Gasteiger charge is 2.44. The molecule has 0 aromatic carbocycles. The minimum atomic E-state index is -0.948. The Labute approximate surface area is 241 Å². The zero-order valence-corrected chi connectivity index (χ0v) is 25.3. The van der Waals surface area contributed by atoms with Crippen LogP contribution in [0.4, 0.5) is 0 Å². The van der Waals surface area contributed by atoms with E-state index >= 15 is 0 Å². The predicted molar refractivity (Wildman–Crippen MR) is 157 cm³/mol. The predicted octanol–water partition coefficient (Wildman–Crippen LogP) is 5.42. The molecule has 2 fully saturated rings.